The molecule has 0 N–H and O–H groups in total. The van der Waals surface area contributed by atoms with Crippen molar-refractivity contribution in [2.75, 3.05) is 0 Å². The zero-order chi connectivity index (χ0) is 17.2. The summed E-state index contributed by atoms with van der Waals surface area (Å²) in [7, 11) is -7.61. The maximum atomic E-state index is 12.6. The first-order valence-corrected chi connectivity index (χ1v) is 10.0. The molecular formula is C18H13O4S2. The third-order valence-electron chi connectivity index (χ3n) is 3.45. The number of rotatable bonds is 4. The smallest absolute Gasteiger partial charge is 0.207 e. The maximum Gasteiger partial charge on any atom is 0.207 e. The maximum absolute atomic E-state index is 12.6. The molecular weight excluding hydrogens is 344 g/mol. The molecule has 0 atom stereocenters. The van der Waals surface area contributed by atoms with Gasteiger partial charge in [0.2, 0.25) is 19.7 Å². The summed E-state index contributed by atoms with van der Waals surface area (Å²) < 4.78 is 50.5. The molecule has 24 heavy (non-hydrogen) atoms. The molecule has 0 aliphatic carbocycles. The van der Waals surface area contributed by atoms with Crippen LogP contribution in [0.25, 0.3) is 0 Å². The molecule has 121 valence electrons. The third-order valence-corrected chi connectivity index (χ3v) is 6.93. The van der Waals surface area contributed by atoms with Gasteiger partial charge < -0.3 is 0 Å². The second-order valence-electron chi connectivity index (χ2n) is 5.02. The lowest BCUT2D eigenvalue weighted by atomic mass is 10.4. The largest absolute Gasteiger partial charge is 0.219 e. The van der Waals surface area contributed by atoms with Gasteiger partial charge in [-0.2, -0.15) is 0 Å². The second-order valence-corrected chi connectivity index (χ2v) is 8.89. The molecule has 3 aromatic rings. The minimum Gasteiger partial charge on any atom is -0.219 e. The summed E-state index contributed by atoms with van der Waals surface area (Å²) in [5.41, 5.74) is 0. The first-order chi connectivity index (χ1) is 11.4. The molecule has 0 heterocycles. The highest BCUT2D eigenvalue weighted by molar-refractivity contribution is 7.92. The van der Waals surface area contributed by atoms with Crippen LogP contribution in [0.3, 0.4) is 0 Å². The average Bonchev–Trinajstić information content (AvgIpc) is 2.63. The van der Waals surface area contributed by atoms with Gasteiger partial charge in [-0.05, 0) is 36.4 Å². The van der Waals surface area contributed by atoms with Crippen LogP contribution >= 0.6 is 0 Å². The van der Waals surface area contributed by atoms with E-state index in [9.17, 15) is 16.8 Å². The Morgan fingerprint density at radius 1 is 0.583 bits per heavy atom. The van der Waals surface area contributed by atoms with E-state index in [1.807, 2.05) is 0 Å². The van der Waals surface area contributed by atoms with Crippen LogP contribution in [-0.2, 0) is 19.7 Å². The zero-order valence-electron chi connectivity index (χ0n) is 12.5. The Bertz CT molecular complexity index is 972. The molecule has 3 rings (SSSR count). The van der Waals surface area contributed by atoms with Crippen LogP contribution in [0.1, 0.15) is 0 Å². The Hall–Kier alpha value is -2.44. The van der Waals surface area contributed by atoms with Crippen molar-refractivity contribution in [2.45, 2.75) is 19.6 Å². The van der Waals surface area contributed by atoms with E-state index in [0.29, 0.717) is 0 Å². The fraction of sp³-hybridized carbons (Fsp3) is 0. The summed E-state index contributed by atoms with van der Waals surface area (Å²) in [6.07, 6.45) is 0. The SMILES string of the molecule is O=S(=O)(c1[c]ccc(S(=O)(=O)c2ccccc2)c1)c1ccccc1. The topological polar surface area (TPSA) is 68.3 Å². The minimum atomic E-state index is -3.82. The first kappa shape index (κ1) is 16.4. The van der Waals surface area contributed by atoms with Crippen LogP contribution in [0.2, 0.25) is 0 Å². The third kappa shape index (κ3) is 2.98. The summed E-state index contributed by atoms with van der Waals surface area (Å²) in [4.78, 5) is -0.0533. The van der Waals surface area contributed by atoms with Crippen LogP contribution in [0.4, 0.5) is 0 Å². The van der Waals surface area contributed by atoms with Gasteiger partial charge in [0, 0.05) is 6.07 Å². The highest BCUT2D eigenvalue weighted by Gasteiger charge is 2.22. The standard InChI is InChI=1S/C18H13O4S2/c19-23(20,15-8-3-1-4-9-15)17-12-7-13-18(14-17)24(21,22)16-10-5-2-6-11-16/h1-12,14H. The fourth-order valence-corrected chi connectivity index (χ4v) is 4.87. The normalized spacial score (nSPS) is 12.0. The van der Waals surface area contributed by atoms with Crippen LogP contribution in [-0.4, -0.2) is 16.8 Å². The summed E-state index contributed by atoms with van der Waals surface area (Å²) in [5, 5.41) is 0. The van der Waals surface area contributed by atoms with E-state index in [1.165, 1.54) is 36.4 Å². The van der Waals surface area contributed by atoms with E-state index < -0.39 is 19.7 Å². The van der Waals surface area contributed by atoms with E-state index >= 15 is 0 Å². The second kappa shape index (κ2) is 6.22. The molecule has 6 heteroatoms. The summed E-state index contributed by atoms with van der Waals surface area (Å²) in [6, 6.07) is 22.1. The van der Waals surface area contributed by atoms with E-state index in [4.69, 9.17) is 0 Å². The number of sulfone groups is 2. The molecule has 0 amide bonds. The first-order valence-electron chi connectivity index (χ1n) is 7.04. The Morgan fingerprint density at radius 2 is 1.08 bits per heavy atom. The Kier molecular flexibility index (Phi) is 4.26. The predicted molar refractivity (Wildman–Crippen MR) is 89.1 cm³/mol. The molecule has 0 fully saturated rings. The molecule has 3 aromatic carbocycles. The van der Waals surface area contributed by atoms with Crippen molar-refractivity contribution in [2.24, 2.45) is 0 Å². The van der Waals surface area contributed by atoms with Crippen molar-refractivity contribution in [3.8, 4) is 0 Å². The Balaban J connectivity index is 2.11. The number of hydrogen-bond acceptors (Lipinski definition) is 4. The Labute approximate surface area is 141 Å². The lowest BCUT2D eigenvalue weighted by Gasteiger charge is -2.08. The monoisotopic (exact) mass is 357 g/mol. The van der Waals surface area contributed by atoms with Gasteiger partial charge in [-0.25, -0.2) is 16.8 Å². The van der Waals surface area contributed by atoms with Gasteiger partial charge >= 0.3 is 0 Å². The Morgan fingerprint density at radius 3 is 1.62 bits per heavy atom. The van der Waals surface area contributed by atoms with Crippen molar-refractivity contribution < 1.29 is 16.8 Å². The lowest BCUT2D eigenvalue weighted by Crippen LogP contribution is -2.06. The van der Waals surface area contributed by atoms with Crippen molar-refractivity contribution >= 4 is 19.7 Å². The quantitative estimate of drug-likeness (QED) is 0.719. The number of hydrogen-bond donors (Lipinski definition) is 0. The van der Waals surface area contributed by atoms with Gasteiger partial charge in [-0.15, -0.1) is 0 Å². The average molecular weight is 357 g/mol. The van der Waals surface area contributed by atoms with Gasteiger partial charge in [0.1, 0.15) is 0 Å². The molecule has 0 aliphatic heterocycles. The van der Waals surface area contributed by atoms with Gasteiger partial charge in [0.15, 0.2) is 0 Å². The molecule has 1 radical (unpaired) electrons. The molecule has 0 saturated heterocycles. The molecule has 0 spiro atoms. The van der Waals surface area contributed by atoms with Crippen molar-refractivity contribution in [3.05, 3.63) is 84.9 Å². The van der Waals surface area contributed by atoms with Crippen molar-refractivity contribution in [1.29, 1.82) is 0 Å². The molecule has 4 nitrogen and oxygen atoms in total. The summed E-state index contributed by atoms with van der Waals surface area (Å²) in [6.45, 7) is 0. The lowest BCUT2D eigenvalue weighted by molar-refractivity contribution is 0.594. The summed E-state index contributed by atoms with van der Waals surface area (Å²) >= 11 is 0. The minimum absolute atomic E-state index is 0.0815. The van der Waals surface area contributed by atoms with Crippen molar-refractivity contribution in [3.63, 3.8) is 0 Å². The van der Waals surface area contributed by atoms with Crippen LogP contribution in [0.15, 0.2) is 98.4 Å². The van der Waals surface area contributed by atoms with Crippen molar-refractivity contribution in [1.82, 2.24) is 0 Å². The van der Waals surface area contributed by atoms with Gasteiger partial charge in [-0.3, -0.25) is 0 Å². The fourth-order valence-electron chi connectivity index (χ4n) is 2.21. The highest BCUT2D eigenvalue weighted by Crippen LogP contribution is 2.26. The highest BCUT2D eigenvalue weighted by atomic mass is 32.2. The van der Waals surface area contributed by atoms with Crippen LogP contribution in [0, 0.1) is 6.07 Å². The number of benzene rings is 3. The summed E-state index contributed by atoms with van der Waals surface area (Å²) in [5.74, 6) is 0. The van der Waals surface area contributed by atoms with E-state index in [1.54, 1.807) is 36.4 Å². The zero-order valence-corrected chi connectivity index (χ0v) is 14.1. The molecule has 0 saturated carbocycles. The molecule has 0 aliphatic rings. The van der Waals surface area contributed by atoms with Crippen LogP contribution < -0.4 is 0 Å². The van der Waals surface area contributed by atoms with E-state index in [-0.39, 0.29) is 19.6 Å². The van der Waals surface area contributed by atoms with Gasteiger partial charge in [0.25, 0.3) is 0 Å². The van der Waals surface area contributed by atoms with E-state index in [0.717, 1.165) is 6.07 Å². The predicted octanol–water partition coefficient (Wildman–Crippen LogP) is 3.15. The van der Waals surface area contributed by atoms with Gasteiger partial charge in [-0.1, -0.05) is 42.5 Å². The molecule has 0 unspecified atom stereocenters. The van der Waals surface area contributed by atoms with Crippen LogP contribution in [0.5, 0.6) is 0 Å². The molecule has 0 aromatic heterocycles. The van der Waals surface area contributed by atoms with Gasteiger partial charge in [0.05, 0.1) is 19.6 Å². The van der Waals surface area contributed by atoms with E-state index in [2.05, 4.69) is 6.07 Å². The molecule has 0 bridgehead atoms.